The second-order valence-electron chi connectivity index (χ2n) is 7.06. The second-order valence-corrected chi connectivity index (χ2v) is 7.06. The van der Waals surface area contributed by atoms with E-state index in [0.29, 0.717) is 0 Å². The van der Waals surface area contributed by atoms with Crippen LogP contribution in [0.25, 0.3) is 0 Å². The van der Waals surface area contributed by atoms with Crippen molar-refractivity contribution in [2.75, 3.05) is 27.2 Å². The summed E-state index contributed by atoms with van der Waals surface area (Å²) in [5, 5.41) is 11.3. The van der Waals surface area contributed by atoms with E-state index >= 15 is 0 Å². The lowest BCUT2D eigenvalue weighted by Crippen LogP contribution is -2.53. The van der Waals surface area contributed by atoms with Crippen LogP contribution in [0, 0.1) is 0 Å². The van der Waals surface area contributed by atoms with Crippen molar-refractivity contribution >= 4 is 23.9 Å². The molecule has 0 spiro atoms. The Morgan fingerprint density at radius 2 is 1.46 bits per heavy atom. The Hall–Kier alpha value is -2.32. The predicted molar refractivity (Wildman–Crippen MR) is 86.4 cm³/mol. The van der Waals surface area contributed by atoms with Gasteiger partial charge in [0.1, 0.15) is 17.7 Å². The first kappa shape index (κ1) is 21.7. The lowest BCUT2D eigenvalue weighted by Gasteiger charge is -2.26. The summed E-state index contributed by atoms with van der Waals surface area (Å²) < 4.78 is 5.13. The number of likely N-dealkylation sites (N-methyl/N-ethyl adjacent to an activating group) is 2. The summed E-state index contributed by atoms with van der Waals surface area (Å²) in [6.45, 7) is 7.22. The third kappa shape index (κ3) is 7.80. The average molecular weight is 345 g/mol. The largest absolute Gasteiger partial charge is 0.480 e. The Bertz CT molecular complexity index is 510. The van der Waals surface area contributed by atoms with Crippen molar-refractivity contribution in [2.24, 2.45) is 0 Å². The third-order valence-electron chi connectivity index (χ3n) is 2.87. The van der Waals surface area contributed by atoms with Gasteiger partial charge in [0.05, 0.1) is 6.54 Å². The molecule has 9 nitrogen and oxygen atoms in total. The van der Waals surface area contributed by atoms with E-state index < -0.39 is 35.0 Å². The fourth-order valence-electron chi connectivity index (χ4n) is 1.47. The van der Waals surface area contributed by atoms with Gasteiger partial charge in [-0.05, 0) is 34.6 Å². The van der Waals surface area contributed by atoms with Crippen LogP contribution in [0.2, 0.25) is 0 Å². The molecule has 0 radical (unpaired) electrons. The first-order chi connectivity index (χ1) is 10.7. The van der Waals surface area contributed by atoms with Crippen molar-refractivity contribution in [3.8, 4) is 0 Å². The molecule has 9 heteroatoms. The highest BCUT2D eigenvalue weighted by molar-refractivity contribution is 5.90. The molecule has 0 rings (SSSR count). The van der Waals surface area contributed by atoms with Gasteiger partial charge >= 0.3 is 12.1 Å². The van der Waals surface area contributed by atoms with Crippen LogP contribution in [-0.4, -0.2) is 77.1 Å². The van der Waals surface area contributed by atoms with Crippen molar-refractivity contribution in [2.45, 2.75) is 45.8 Å². The summed E-state index contributed by atoms with van der Waals surface area (Å²) in [5.41, 5.74) is -2.11. The quantitative estimate of drug-likeness (QED) is 0.715. The summed E-state index contributed by atoms with van der Waals surface area (Å²) in [6.07, 6.45) is -0.652. The molecule has 0 aromatic heterocycles. The van der Waals surface area contributed by atoms with Gasteiger partial charge in [0.2, 0.25) is 11.8 Å². The number of ether oxygens (including phenoxy) is 1. The lowest BCUT2D eigenvalue weighted by molar-refractivity contribution is -0.146. The fourth-order valence-corrected chi connectivity index (χ4v) is 1.47. The van der Waals surface area contributed by atoms with E-state index in [0.717, 1.165) is 9.80 Å². The Morgan fingerprint density at radius 3 is 1.88 bits per heavy atom. The van der Waals surface area contributed by atoms with Crippen molar-refractivity contribution in [3.63, 3.8) is 0 Å². The fraction of sp³-hybridized carbons (Fsp3) is 0.733. The predicted octanol–water partition coefficient (Wildman–Crippen LogP) is 0.291. The van der Waals surface area contributed by atoms with E-state index in [1.807, 2.05) is 0 Å². The van der Waals surface area contributed by atoms with Gasteiger partial charge in [0.25, 0.3) is 0 Å². The minimum Gasteiger partial charge on any atom is -0.480 e. The van der Waals surface area contributed by atoms with E-state index in [1.54, 1.807) is 20.8 Å². The molecule has 0 aliphatic heterocycles. The molecule has 24 heavy (non-hydrogen) atoms. The number of hydrogen-bond acceptors (Lipinski definition) is 5. The molecule has 0 saturated heterocycles. The summed E-state index contributed by atoms with van der Waals surface area (Å²) in [4.78, 5) is 48.8. The summed E-state index contributed by atoms with van der Waals surface area (Å²) in [5.74, 6) is -2.28. The van der Waals surface area contributed by atoms with Gasteiger partial charge < -0.3 is 25.0 Å². The zero-order chi connectivity index (χ0) is 19.3. The maximum absolute atomic E-state index is 12.0. The molecule has 0 saturated carbocycles. The number of aliphatic carboxylic acids is 1. The molecule has 3 amide bonds. The molecular formula is C15H27N3O6. The zero-order valence-corrected chi connectivity index (χ0v) is 15.3. The number of carboxylic acid groups (broad SMARTS) is 1. The van der Waals surface area contributed by atoms with E-state index in [4.69, 9.17) is 9.84 Å². The standard InChI is InChI=1S/C15H27N3O6/c1-14(2,3)24-13(23)18(7)9-11(20)17(6)8-10(19)16-15(4,5)12(21)22/h8-9H2,1-7H3,(H,16,19)(H,21,22). The molecule has 0 aromatic rings. The molecular weight excluding hydrogens is 318 g/mol. The number of nitrogens with one attached hydrogen (secondary N) is 1. The average Bonchev–Trinajstić information content (AvgIpc) is 2.35. The summed E-state index contributed by atoms with van der Waals surface area (Å²) in [7, 11) is 2.80. The number of rotatable bonds is 6. The number of hydrogen-bond donors (Lipinski definition) is 2. The topological polar surface area (TPSA) is 116 Å². The lowest BCUT2D eigenvalue weighted by atomic mass is 10.1. The Kier molecular flexibility index (Phi) is 7.21. The van der Waals surface area contributed by atoms with Crippen LogP contribution >= 0.6 is 0 Å². The Balaban J connectivity index is 4.55. The van der Waals surface area contributed by atoms with E-state index in [2.05, 4.69) is 5.32 Å². The van der Waals surface area contributed by atoms with Gasteiger partial charge in [0, 0.05) is 14.1 Å². The van der Waals surface area contributed by atoms with Crippen LogP contribution in [-0.2, 0) is 19.1 Å². The second kappa shape index (κ2) is 7.98. The van der Waals surface area contributed by atoms with Gasteiger partial charge in [0.15, 0.2) is 0 Å². The molecule has 0 bridgehead atoms. The maximum Gasteiger partial charge on any atom is 0.410 e. The van der Waals surface area contributed by atoms with Gasteiger partial charge in [-0.15, -0.1) is 0 Å². The van der Waals surface area contributed by atoms with Crippen LogP contribution in [0.4, 0.5) is 4.79 Å². The molecule has 2 N–H and O–H groups in total. The first-order valence-corrected chi connectivity index (χ1v) is 7.38. The molecule has 0 fully saturated rings. The number of carboxylic acids is 1. The number of amides is 3. The molecule has 0 aliphatic rings. The summed E-state index contributed by atoms with van der Waals surface area (Å²) >= 11 is 0. The van der Waals surface area contributed by atoms with Crippen LogP contribution in [0.1, 0.15) is 34.6 Å². The maximum atomic E-state index is 12.0. The first-order valence-electron chi connectivity index (χ1n) is 7.38. The highest BCUT2D eigenvalue weighted by Crippen LogP contribution is 2.09. The van der Waals surface area contributed by atoms with Crippen molar-refractivity contribution < 1.29 is 29.0 Å². The molecule has 138 valence electrons. The molecule has 0 unspecified atom stereocenters. The minimum atomic E-state index is -1.44. The Labute approximate surface area is 141 Å². The van der Waals surface area contributed by atoms with Crippen molar-refractivity contribution in [1.82, 2.24) is 15.1 Å². The highest BCUT2D eigenvalue weighted by atomic mass is 16.6. The number of carbonyl (C=O) groups excluding carboxylic acids is 3. The van der Waals surface area contributed by atoms with Crippen molar-refractivity contribution in [3.05, 3.63) is 0 Å². The van der Waals surface area contributed by atoms with Crippen LogP contribution in [0.15, 0.2) is 0 Å². The SMILES string of the molecule is CN(CC(=O)NC(C)(C)C(=O)O)C(=O)CN(C)C(=O)OC(C)(C)C. The highest BCUT2D eigenvalue weighted by Gasteiger charge is 2.30. The van der Waals surface area contributed by atoms with Gasteiger partial charge in [-0.3, -0.25) is 9.59 Å². The molecule has 0 aliphatic carbocycles. The monoisotopic (exact) mass is 345 g/mol. The van der Waals surface area contributed by atoms with Crippen molar-refractivity contribution in [1.29, 1.82) is 0 Å². The third-order valence-corrected chi connectivity index (χ3v) is 2.87. The van der Waals surface area contributed by atoms with E-state index in [-0.39, 0.29) is 13.1 Å². The van der Waals surface area contributed by atoms with Gasteiger partial charge in [-0.2, -0.15) is 0 Å². The van der Waals surface area contributed by atoms with E-state index in [9.17, 15) is 19.2 Å². The number of nitrogens with zero attached hydrogens (tertiary/aromatic N) is 2. The molecule has 0 heterocycles. The minimum absolute atomic E-state index is 0.263. The van der Waals surface area contributed by atoms with E-state index in [1.165, 1.54) is 27.9 Å². The zero-order valence-electron chi connectivity index (χ0n) is 15.3. The van der Waals surface area contributed by atoms with Gasteiger partial charge in [-0.25, -0.2) is 9.59 Å². The number of carbonyl (C=O) groups is 4. The van der Waals surface area contributed by atoms with Crippen LogP contribution in [0.3, 0.4) is 0 Å². The van der Waals surface area contributed by atoms with Crippen LogP contribution in [0.5, 0.6) is 0 Å². The normalized spacial score (nSPS) is 11.5. The smallest absolute Gasteiger partial charge is 0.410 e. The van der Waals surface area contributed by atoms with Crippen LogP contribution < -0.4 is 5.32 Å². The Morgan fingerprint density at radius 1 is 0.958 bits per heavy atom. The van der Waals surface area contributed by atoms with Gasteiger partial charge in [-0.1, -0.05) is 0 Å². The molecule has 0 atom stereocenters. The summed E-state index contributed by atoms with van der Waals surface area (Å²) in [6, 6.07) is 0. The molecule has 0 aromatic carbocycles.